The molecule has 0 atom stereocenters. The standard InChI is InChI=1S/C17H30N4.HI/c1-5-6-7-12-19-17(18-2)20-13-15-8-10-16(11-9-15)14-21(3)4;/h8-11H,5-7,12-14H2,1-4H3,(H2,18,19,20);1H. The van der Waals surface area contributed by atoms with Crippen LogP contribution in [-0.4, -0.2) is 38.5 Å². The third-order valence-corrected chi connectivity index (χ3v) is 3.28. The summed E-state index contributed by atoms with van der Waals surface area (Å²) in [6, 6.07) is 8.73. The molecule has 0 aliphatic carbocycles. The van der Waals surface area contributed by atoms with Gasteiger partial charge in [0.2, 0.25) is 0 Å². The van der Waals surface area contributed by atoms with Gasteiger partial charge in [-0.05, 0) is 31.6 Å². The Morgan fingerprint density at radius 2 is 1.68 bits per heavy atom. The van der Waals surface area contributed by atoms with Gasteiger partial charge in [0.25, 0.3) is 0 Å². The molecule has 4 nitrogen and oxygen atoms in total. The van der Waals surface area contributed by atoms with Gasteiger partial charge < -0.3 is 15.5 Å². The molecule has 1 aromatic carbocycles. The predicted molar refractivity (Wildman–Crippen MR) is 107 cm³/mol. The summed E-state index contributed by atoms with van der Waals surface area (Å²) in [7, 11) is 5.99. The van der Waals surface area contributed by atoms with Crippen molar-refractivity contribution in [1.29, 1.82) is 0 Å². The molecule has 0 fully saturated rings. The van der Waals surface area contributed by atoms with Crippen LogP contribution >= 0.6 is 24.0 Å². The van der Waals surface area contributed by atoms with E-state index in [1.54, 1.807) is 0 Å². The largest absolute Gasteiger partial charge is 0.356 e. The molecule has 0 spiro atoms. The molecule has 0 aliphatic heterocycles. The summed E-state index contributed by atoms with van der Waals surface area (Å²) in [6.07, 6.45) is 3.70. The highest BCUT2D eigenvalue weighted by Gasteiger charge is 1.99. The molecule has 0 saturated carbocycles. The minimum absolute atomic E-state index is 0. The van der Waals surface area contributed by atoms with Crippen LogP contribution in [0.5, 0.6) is 0 Å². The third-order valence-electron chi connectivity index (χ3n) is 3.28. The summed E-state index contributed by atoms with van der Waals surface area (Å²) in [4.78, 5) is 6.42. The quantitative estimate of drug-likeness (QED) is 0.295. The van der Waals surface area contributed by atoms with Crippen molar-refractivity contribution in [2.75, 3.05) is 27.7 Å². The van der Waals surface area contributed by atoms with Crippen LogP contribution in [0.4, 0.5) is 0 Å². The number of guanidine groups is 1. The molecule has 0 bridgehead atoms. The van der Waals surface area contributed by atoms with E-state index in [-0.39, 0.29) is 24.0 Å². The molecular formula is C17H31IN4. The molecule has 22 heavy (non-hydrogen) atoms. The van der Waals surface area contributed by atoms with Gasteiger partial charge in [0.05, 0.1) is 0 Å². The summed E-state index contributed by atoms with van der Waals surface area (Å²) in [6.45, 7) is 4.98. The highest BCUT2D eigenvalue weighted by atomic mass is 127. The van der Waals surface area contributed by atoms with Crippen LogP contribution in [0.2, 0.25) is 0 Å². The second-order valence-corrected chi connectivity index (χ2v) is 5.61. The summed E-state index contributed by atoms with van der Waals surface area (Å²) in [5, 5.41) is 6.70. The maximum atomic E-state index is 4.25. The van der Waals surface area contributed by atoms with Crippen LogP contribution in [0.1, 0.15) is 37.3 Å². The number of nitrogens with one attached hydrogen (secondary N) is 2. The van der Waals surface area contributed by atoms with Gasteiger partial charge in [0, 0.05) is 26.7 Å². The summed E-state index contributed by atoms with van der Waals surface area (Å²) >= 11 is 0. The Morgan fingerprint density at radius 3 is 2.23 bits per heavy atom. The Hall–Kier alpha value is -0.820. The zero-order valence-corrected chi connectivity index (χ0v) is 16.7. The number of hydrogen-bond acceptors (Lipinski definition) is 2. The van der Waals surface area contributed by atoms with Crippen LogP contribution in [0, 0.1) is 0 Å². The van der Waals surface area contributed by atoms with Gasteiger partial charge >= 0.3 is 0 Å². The van der Waals surface area contributed by atoms with E-state index in [0.717, 1.165) is 25.6 Å². The number of hydrogen-bond donors (Lipinski definition) is 2. The van der Waals surface area contributed by atoms with Crippen molar-refractivity contribution in [3.05, 3.63) is 35.4 Å². The lowest BCUT2D eigenvalue weighted by molar-refractivity contribution is 0.402. The Balaban J connectivity index is 0.00000441. The number of nitrogens with zero attached hydrogens (tertiary/aromatic N) is 2. The molecule has 5 heteroatoms. The predicted octanol–water partition coefficient (Wildman–Crippen LogP) is 3.22. The minimum atomic E-state index is 0. The van der Waals surface area contributed by atoms with Crippen LogP contribution in [0.3, 0.4) is 0 Å². The Bertz CT molecular complexity index is 415. The van der Waals surface area contributed by atoms with E-state index >= 15 is 0 Å². The SMILES string of the molecule is CCCCCNC(=NC)NCc1ccc(CN(C)C)cc1.I. The van der Waals surface area contributed by atoms with Gasteiger partial charge in [-0.25, -0.2) is 0 Å². The summed E-state index contributed by atoms with van der Waals surface area (Å²) < 4.78 is 0. The Kier molecular flexibility index (Phi) is 12.2. The van der Waals surface area contributed by atoms with Crippen LogP contribution in [0.25, 0.3) is 0 Å². The number of rotatable bonds is 8. The molecule has 0 amide bonds. The molecule has 0 unspecified atom stereocenters. The number of halogens is 1. The van der Waals surface area contributed by atoms with E-state index in [1.807, 2.05) is 7.05 Å². The molecule has 0 saturated heterocycles. The number of benzene rings is 1. The first-order valence-electron chi connectivity index (χ1n) is 7.82. The molecule has 0 aliphatic rings. The zero-order valence-electron chi connectivity index (χ0n) is 14.4. The first kappa shape index (κ1) is 21.2. The van der Waals surface area contributed by atoms with Gasteiger partial charge in [-0.3, -0.25) is 4.99 Å². The van der Waals surface area contributed by atoms with Crippen molar-refractivity contribution in [2.45, 2.75) is 39.3 Å². The second-order valence-electron chi connectivity index (χ2n) is 5.61. The van der Waals surface area contributed by atoms with E-state index in [9.17, 15) is 0 Å². The summed E-state index contributed by atoms with van der Waals surface area (Å²) in [5.74, 6) is 0.878. The highest BCUT2D eigenvalue weighted by Crippen LogP contribution is 2.05. The second kappa shape index (κ2) is 12.7. The van der Waals surface area contributed by atoms with Crippen LogP contribution in [0.15, 0.2) is 29.3 Å². The van der Waals surface area contributed by atoms with Gasteiger partial charge in [-0.1, -0.05) is 44.0 Å². The average molecular weight is 418 g/mol. The van der Waals surface area contributed by atoms with Gasteiger partial charge in [0.15, 0.2) is 5.96 Å². The normalized spacial score (nSPS) is 11.2. The van der Waals surface area contributed by atoms with Crippen LogP contribution in [-0.2, 0) is 13.1 Å². The first-order valence-corrected chi connectivity index (χ1v) is 7.82. The molecule has 1 rings (SSSR count). The average Bonchev–Trinajstić information content (AvgIpc) is 2.47. The van der Waals surface area contributed by atoms with E-state index < -0.39 is 0 Å². The number of aliphatic imine (C=N–C) groups is 1. The Morgan fingerprint density at radius 1 is 1.05 bits per heavy atom. The smallest absolute Gasteiger partial charge is 0.191 e. The molecule has 1 aromatic rings. The van der Waals surface area contributed by atoms with E-state index in [2.05, 4.69) is 65.8 Å². The summed E-state index contributed by atoms with van der Waals surface area (Å²) in [5.41, 5.74) is 2.61. The fourth-order valence-electron chi connectivity index (χ4n) is 2.12. The van der Waals surface area contributed by atoms with Crippen molar-refractivity contribution in [3.8, 4) is 0 Å². The molecular weight excluding hydrogens is 387 g/mol. The van der Waals surface area contributed by atoms with Crippen molar-refractivity contribution >= 4 is 29.9 Å². The maximum absolute atomic E-state index is 4.25. The fourth-order valence-corrected chi connectivity index (χ4v) is 2.12. The monoisotopic (exact) mass is 418 g/mol. The maximum Gasteiger partial charge on any atom is 0.191 e. The van der Waals surface area contributed by atoms with Gasteiger partial charge in [-0.2, -0.15) is 0 Å². The molecule has 0 heterocycles. The van der Waals surface area contributed by atoms with Crippen molar-refractivity contribution in [2.24, 2.45) is 4.99 Å². The van der Waals surface area contributed by atoms with E-state index in [4.69, 9.17) is 0 Å². The molecule has 0 aromatic heterocycles. The Labute approximate surface area is 152 Å². The zero-order chi connectivity index (χ0) is 15.5. The van der Waals surface area contributed by atoms with E-state index in [0.29, 0.717) is 0 Å². The molecule has 0 radical (unpaired) electrons. The minimum Gasteiger partial charge on any atom is -0.356 e. The first-order chi connectivity index (χ1) is 10.2. The molecule has 126 valence electrons. The van der Waals surface area contributed by atoms with Gasteiger partial charge in [0.1, 0.15) is 0 Å². The fraction of sp³-hybridized carbons (Fsp3) is 0.588. The third kappa shape index (κ3) is 9.25. The lowest BCUT2D eigenvalue weighted by atomic mass is 10.1. The lowest BCUT2D eigenvalue weighted by Gasteiger charge is -2.13. The topological polar surface area (TPSA) is 39.7 Å². The highest BCUT2D eigenvalue weighted by molar-refractivity contribution is 14.0. The lowest BCUT2D eigenvalue weighted by Crippen LogP contribution is -2.37. The van der Waals surface area contributed by atoms with Gasteiger partial charge in [-0.15, -0.1) is 24.0 Å². The van der Waals surface area contributed by atoms with E-state index in [1.165, 1.54) is 30.4 Å². The van der Waals surface area contributed by atoms with Crippen molar-refractivity contribution in [3.63, 3.8) is 0 Å². The number of unbranched alkanes of at least 4 members (excludes halogenated alkanes) is 2. The van der Waals surface area contributed by atoms with Crippen LogP contribution < -0.4 is 10.6 Å². The van der Waals surface area contributed by atoms with Crippen molar-refractivity contribution < 1.29 is 0 Å². The molecule has 2 N–H and O–H groups in total. The van der Waals surface area contributed by atoms with Crippen molar-refractivity contribution in [1.82, 2.24) is 15.5 Å².